The zero-order valence-electron chi connectivity index (χ0n) is 8.51. The molecule has 1 heteroatoms. The number of fused-ring (bicyclic) bond motifs is 1. The van der Waals surface area contributed by atoms with Gasteiger partial charge in [0.05, 0.1) is 6.10 Å². The van der Waals surface area contributed by atoms with Crippen molar-refractivity contribution in [2.45, 2.75) is 45.6 Å². The van der Waals surface area contributed by atoms with Crippen LogP contribution in [0, 0.1) is 5.41 Å². The van der Waals surface area contributed by atoms with Crippen molar-refractivity contribution in [3.8, 4) is 0 Å². The van der Waals surface area contributed by atoms with Crippen LogP contribution in [-0.4, -0.2) is 11.2 Å². The van der Waals surface area contributed by atoms with Gasteiger partial charge in [0, 0.05) is 5.41 Å². The predicted octanol–water partition coefficient (Wildman–Crippen LogP) is 2.81. The third-order valence-electron chi connectivity index (χ3n) is 3.64. The highest BCUT2D eigenvalue weighted by Gasteiger charge is 2.38. The molecule has 0 aromatic carbocycles. The van der Waals surface area contributed by atoms with Gasteiger partial charge >= 0.3 is 0 Å². The predicted molar refractivity (Wildman–Crippen MR) is 54.4 cm³/mol. The van der Waals surface area contributed by atoms with Crippen molar-refractivity contribution in [3.05, 3.63) is 23.3 Å². The number of hydrogen-bond acceptors (Lipinski definition) is 1. The first-order chi connectivity index (χ1) is 6.13. The van der Waals surface area contributed by atoms with Crippen molar-refractivity contribution in [1.82, 2.24) is 0 Å². The van der Waals surface area contributed by atoms with Gasteiger partial charge in [-0.2, -0.15) is 0 Å². The lowest BCUT2D eigenvalue weighted by molar-refractivity contribution is 0.0435. The highest BCUT2D eigenvalue weighted by Crippen LogP contribution is 2.45. The fourth-order valence-corrected chi connectivity index (χ4v) is 2.47. The number of allylic oxidation sites excluding steroid dienone is 3. The molecule has 72 valence electrons. The molecule has 0 saturated carbocycles. The summed E-state index contributed by atoms with van der Waals surface area (Å²) >= 11 is 0. The van der Waals surface area contributed by atoms with E-state index >= 15 is 0 Å². The Morgan fingerprint density at radius 1 is 1.54 bits per heavy atom. The SMILES string of the molecule is CC1=CC2=CCCC(O)C2(C)CC1. The molecule has 0 aliphatic heterocycles. The molecular formula is C12H18O. The Kier molecular flexibility index (Phi) is 2.07. The minimum atomic E-state index is -0.128. The van der Waals surface area contributed by atoms with Crippen LogP contribution < -0.4 is 0 Å². The number of hydrogen-bond donors (Lipinski definition) is 1. The topological polar surface area (TPSA) is 20.2 Å². The molecule has 13 heavy (non-hydrogen) atoms. The van der Waals surface area contributed by atoms with Crippen molar-refractivity contribution in [1.29, 1.82) is 0 Å². The number of rotatable bonds is 0. The van der Waals surface area contributed by atoms with Gasteiger partial charge in [-0.3, -0.25) is 0 Å². The fraction of sp³-hybridized carbons (Fsp3) is 0.667. The monoisotopic (exact) mass is 178 g/mol. The standard InChI is InChI=1S/C12H18O/c1-9-6-7-12(2)10(8-9)4-3-5-11(12)13/h4,8,11,13H,3,5-7H2,1-2H3. The van der Waals surface area contributed by atoms with Crippen LogP contribution in [0.2, 0.25) is 0 Å². The van der Waals surface area contributed by atoms with E-state index in [-0.39, 0.29) is 11.5 Å². The third-order valence-corrected chi connectivity index (χ3v) is 3.64. The van der Waals surface area contributed by atoms with Crippen molar-refractivity contribution < 1.29 is 5.11 Å². The minimum Gasteiger partial charge on any atom is -0.392 e. The Morgan fingerprint density at radius 3 is 3.08 bits per heavy atom. The molecule has 0 radical (unpaired) electrons. The normalized spacial score (nSPS) is 39.2. The van der Waals surface area contributed by atoms with Crippen molar-refractivity contribution in [2.75, 3.05) is 0 Å². The van der Waals surface area contributed by atoms with E-state index in [1.807, 2.05) is 0 Å². The molecule has 2 atom stereocenters. The lowest BCUT2D eigenvalue weighted by Gasteiger charge is -2.41. The zero-order chi connectivity index (χ0) is 9.47. The fourth-order valence-electron chi connectivity index (χ4n) is 2.47. The molecule has 2 rings (SSSR count). The summed E-state index contributed by atoms with van der Waals surface area (Å²) in [5.41, 5.74) is 2.88. The van der Waals surface area contributed by atoms with Crippen molar-refractivity contribution in [3.63, 3.8) is 0 Å². The van der Waals surface area contributed by atoms with Crippen LogP contribution >= 0.6 is 0 Å². The van der Waals surface area contributed by atoms with Gasteiger partial charge in [0.2, 0.25) is 0 Å². The van der Waals surface area contributed by atoms with E-state index < -0.39 is 0 Å². The number of aliphatic hydroxyl groups is 1. The van der Waals surface area contributed by atoms with Gasteiger partial charge in [0.15, 0.2) is 0 Å². The average molecular weight is 178 g/mol. The molecule has 2 aliphatic rings. The van der Waals surface area contributed by atoms with Gasteiger partial charge in [-0.05, 0) is 38.2 Å². The quantitative estimate of drug-likeness (QED) is 0.604. The third kappa shape index (κ3) is 1.35. The highest BCUT2D eigenvalue weighted by atomic mass is 16.3. The first-order valence-electron chi connectivity index (χ1n) is 5.19. The second-order valence-corrected chi connectivity index (χ2v) is 4.66. The molecule has 0 aromatic rings. The molecule has 1 N–H and O–H groups in total. The maximum Gasteiger partial charge on any atom is 0.0637 e. The van der Waals surface area contributed by atoms with Crippen LogP contribution in [0.4, 0.5) is 0 Å². The lowest BCUT2D eigenvalue weighted by atomic mass is 9.65. The first-order valence-corrected chi connectivity index (χ1v) is 5.19. The molecule has 0 heterocycles. The highest BCUT2D eigenvalue weighted by molar-refractivity contribution is 5.35. The van der Waals surface area contributed by atoms with Gasteiger partial charge in [-0.25, -0.2) is 0 Å². The van der Waals surface area contributed by atoms with E-state index in [1.54, 1.807) is 0 Å². The van der Waals surface area contributed by atoms with E-state index in [9.17, 15) is 5.11 Å². The molecule has 2 unspecified atom stereocenters. The van der Waals surface area contributed by atoms with Crippen LogP contribution in [0.3, 0.4) is 0 Å². The second-order valence-electron chi connectivity index (χ2n) is 4.66. The minimum absolute atomic E-state index is 0.0533. The molecule has 0 amide bonds. The number of aliphatic hydroxyl groups excluding tert-OH is 1. The van der Waals surface area contributed by atoms with E-state index in [4.69, 9.17) is 0 Å². The maximum absolute atomic E-state index is 9.98. The maximum atomic E-state index is 9.98. The van der Waals surface area contributed by atoms with Gasteiger partial charge in [0.25, 0.3) is 0 Å². The summed E-state index contributed by atoms with van der Waals surface area (Å²) in [6.45, 7) is 4.38. The Balaban J connectivity index is 2.38. The summed E-state index contributed by atoms with van der Waals surface area (Å²) in [4.78, 5) is 0. The molecule has 0 fully saturated rings. The van der Waals surface area contributed by atoms with Crippen molar-refractivity contribution in [2.24, 2.45) is 5.41 Å². The summed E-state index contributed by atoms with van der Waals surface area (Å²) in [6.07, 6.45) is 8.67. The Labute approximate surface area is 80.2 Å². The van der Waals surface area contributed by atoms with Crippen LogP contribution in [0.15, 0.2) is 23.3 Å². The van der Waals surface area contributed by atoms with E-state index in [2.05, 4.69) is 26.0 Å². The first kappa shape index (κ1) is 9.01. The molecule has 0 saturated heterocycles. The lowest BCUT2D eigenvalue weighted by Crippen LogP contribution is -2.37. The average Bonchev–Trinajstić information content (AvgIpc) is 2.09. The van der Waals surface area contributed by atoms with E-state index in [0.29, 0.717) is 0 Å². The smallest absolute Gasteiger partial charge is 0.0637 e. The molecule has 2 aliphatic carbocycles. The summed E-state index contributed by atoms with van der Waals surface area (Å²) in [5.74, 6) is 0. The molecule has 0 aromatic heterocycles. The zero-order valence-corrected chi connectivity index (χ0v) is 8.51. The summed E-state index contributed by atoms with van der Waals surface area (Å²) in [5, 5.41) is 9.98. The Bertz CT molecular complexity index is 275. The van der Waals surface area contributed by atoms with Crippen LogP contribution in [0.1, 0.15) is 39.5 Å². The second kappa shape index (κ2) is 2.98. The molecular weight excluding hydrogens is 160 g/mol. The molecule has 0 bridgehead atoms. The van der Waals surface area contributed by atoms with E-state index in [0.717, 1.165) is 25.7 Å². The Morgan fingerprint density at radius 2 is 2.31 bits per heavy atom. The van der Waals surface area contributed by atoms with Crippen LogP contribution in [-0.2, 0) is 0 Å². The van der Waals surface area contributed by atoms with Gasteiger partial charge in [0.1, 0.15) is 0 Å². The summed E-state index contributed by atoms with van der Waals surface area (Å²) < 4.78 is 0. The van der Waals surface area contributed by atoms with Gasteiger partial charge in [-0.15, -0.1) is 0 Å². The van der Waals surface area contributed by atoms with Crippen molar-refractivity contribution >= 4 is 0 Å². The molecule has 0 spiro atoms. The largest absolute Gasteiger partial charge is 0.392 e. The summed E-state index contributed by atoms with van der Waals surface area (Å²) in [7, 11) is 0. The molecule has 1 nitrogen and oxygen atoms in total. The summed E-state index contributed by atoms with van der Waals surface area (Å²) in [6, 6.07) is 0. The van der Waals surface area contributed by atoms with Gasteiger partial charge < -0.3 is 5.11 Å². The van der Waals surface area contributed by atoms with E-state index in [1.165, 1.54) is 11.1 Å². The Hall–Kier alpha value is -0.560. The van der Waals surface area contributed by atoms with Gasteiger partial charge in [-0.1, -0.05) is 24.6 Å². The van der Waals surface area contributed by atoms with Crippen LogP contribution in [0.25, 0.3) is 0 Å². The van der Waals surface area contributed by atoms with Crippen LogP contribution in [0.5, 0.6) is 0 Å².